The highest BCUT2D eigenvalue weighted by Gasteiger charge is 2.30. The molecular formula is C13H13F3O3. The summed E-state index contributed by atoms with van der Waals surface area (Å²) < 4.78 is 47.4. The Bertz CT molecular complexity index is 433. The van der Waals surface area contributed by atoms with Crippen LogP contribution >= 0.6 is 0 Å². The molecule has 0 spiro atoms. The molecule has 0 amide bonds. The summed E-state index contributed by atoms with van der Waals surface area (Å²) in [7, 11) is 0. The molecule has 1 fully saturated rings. The fraction of sp³-hybridized carbons (Fsp3) is 0.462. The minimum absolute atomic E-state index is 0.0853. The summed E-state index contributed by atoms with van der Waals surface area (Å²) in [6, 6.07) is 3.93. The van der Waals surface area contributed by atoms with Gasteiger partial charge in [0.15, 0.2) is 0 Å². The van der Waals surface area contributed by atoms with Gasteiger partial charge in [-0.3, -0.25) is 0 Å². The van der Waals surface area contributed by atoms with E-state index in [1.54, 1.807) is 0 Å². The van der Waals surface area contributed by atoms with Crippen LogP contribution in [-0.2, 0) is 15.7 Å². The Hall–Kier alpha value is -1.56. The van der Waals surface area contributed by atoms with Crippen LogP contribution in [0.15, 0.2) is 24.3 Å². The van der Waals surface area contributed by atoms with Crippen molar-refractivity contribution in [2.45, 2.75) is 31.7 Å². The standard InChI is InChI=1S/C13H13F3O3/c14-13(15,16)10-6-4-9(5-7-10)12(17)19-11-3-1-2-8-18-11/h4-7,11H,1-3,8H2. The summed E-state index contributed by atoms with van der Waals surface area (Å²) in [6.07, 6.45) is -2.55. The van der Waals surface area contributed by atoms with Crippen molar-refractivity contribution in [3.05, 3.63) is 35.4 Å². The van der Waals surface area contributed by atoms with Gasteiger partial charge in [-0.25, -0.2) is 4.79 Å². The summed E-state index contributed by atoms with van der Waals surface area (Å²) in [5.41, 5.74) is -0.708. The molecule has 2 rings (SSSR count). The number of carbonyl (C=O) groups is 1. The maximum absolute atomic E-state index is 12.4. The first-order chi connectivity index (χ1) is 8.97. The zero-order valence-corrected chi connectivity index (χ0v) is 10.1. The van der Waals surface area contributed by atoms with Gasteiger partial charge in [0.2, 0.25) is 6.29 Å². The molecule has 1 heterocycles. The van der Waals surface area contributed by atoms with Gasteiger partial charge in [-0.05, 0) is 37.1 Å². The van der Waals surface area contributed by atoms with Crippen molar-refractivity contribution in [1.82, 2.24) is 0 Å². The van der Waals surface area contributed by atoms with Crippen molar-refractivity contribution in [3.63, 3.8) is 0 Å². The Morgan fingerprint density at radius 1 is 1.21 bits per heavy atom. The number of carbonyl (C=O) groups excluding carboxylic acids is 1. The van der Waals surface area contributed by atoms with Gasteiger partial charge in [-0.1, -0.05) is 0 Å². The molecule has 1 unspecified atom stereocenters. The van der Waals surface area contributed by atoms with Crippen LogP contribution in [0.25, 0.3) is 0 Å². The third-order valence-corrected chi connectivity index (χ3v) is 2.82. The van der Waals surface area contributed by atoms with Crippen molar-refractivity contribution < 1.29 is 27.4 Å². The SMILES string of the molecule is O=C(OC1CCCCO1)c1ccc(C(F)(F)F)cc1. The summed E-state index contributed by atoms with van der Waals surface area (Å²) >= 11 is 0. The molecule has 104 valence electrons. The van der Waals surface area contributed by atoms with Gasteiger partial charge in [0.1, 0.15) is 0 Å². The molecule has 0 N–H and O–H groups in total. The van der Waals surface area contributed by atoms with E-state index in [9.17, 15) is 18.0 Å². The number of ether oxygens (including phenoxy) is 2. The number of hydrogen-bond acceptors (Lipinski definition) is 3. The molecule has 1 atom stereocenters. The fourth-order valence-electron chi connectivity index (χ4n) is 1.79. The molecule has 0 bridgehead atoms. The molecule has 1 aliphatic heterocycles. The molecular weight excluding hydrogens is 261 g/mol. The summed E-state index contributed by atoms with van der Waals surface area (Å²) in [6.45, 7) is 0.533. The molecule has 0 saturated carbocycles. The molecule has 1 aliphatic rings. The first-order valence-electron chi connectivity index (χ1n) is 5.96. The van der Waals surface area contributed by atoms with E-state index in [1.165, 1.54) is 0 Å². The second-order valence-corrected chi connectivity index (χ2v) is 4.28. The Labute approximate surface area is 108 Å². The molecule has 1 saturated heterocycles. The Balaban J connectivity index is 1.99. The van der Waals surface area contributed by atoms with Crippen LogP contribution < -0.4 is 0 Å². The van der Waals surface area contributed by atoms with Gasteiger partial charge in [0.25, 0.3) is 0 Å². The summed E-state index contributed by atoms with van der Waals surface area (Å²) in [4.78, 5) is 11.7. The zero-order valence-electron chi connectivity index (χ0n) is 10.1. The van der Waals surface area contributed by atoms with Crippen molar-refractivity contribution >= 4 is 5.97 Å². The molecule has 0 aromatic heterocycles. The highest BCUT2D eigenvalue weighted by molar-refractivity contribution is 5.89. The fourth-order valence-corrected chi connectivity index (χ4v) is 1.79. The maximum atomic E-state index is 12.4. The van der Waals surface area contributed by atoms with Gasteiger partial charge in [-0.15, -0.1) is 0 Å². The lowest BCUT2D eigenvalue weighted by Gasteiger charge is -2.22. The predicted octanol–water partition coefficient (Wildman–Crippen LogP) is 3.39. The molecule has 1 aromatic carbocycles. The predicted molar refractivity (Wildman–Crippen MR) is 60.5 cm³/mol. The average molecular weight is 274 g/mol. The summed E-state index contributed by atoms with van der Waals surface area (Å²) in [5.74, 6) is -0.666. The molecule has 6 heteroatoms. The number of benzene rings is 1. The van der Waals surface area contributed by atoms with Crippen LogP contribution in [0.1, 0.15) is 35.2 Å². The van der Waals surface area contributed by atoms with E-state index >= 15 is 0 Å². The van der Waals surface area contributed by atoms with E-state index in [0.717, 1.165) is 37.1 Å². The molecule has 19 heavy (non-hydrogen) atoms. The van der Waals surface area contributed by atoms with Crippen LogP contribution in [-0.4, -0.2) is 18.9 Å². The third-order valence-electron chi connectivity index (χ3n) is 2.82. The lowest BCUT2D eigenvalue weighted by molar-refractivity contribution is -0.137. The van der Waals surface area contributed by atoms with Gasteiger partial charge in [-0.2, -0.15) is 13.2 Å². The van der Waals surface area contributed by atoms with E-state index in [4.69, 9.17) is 9.47 Å². The zero-order chi connectivity index (χ0) is 13.9. The monoisotopic (exact) mass is 274 g/mol. The van der Waals surface area contributed by atoms with E-state index in [-0.39, 0.29) is 5.56 Å². The Kier molecular flexibility index (Phi) is 4.09. The second-order valence-electron chi connectivity index (χ2n) is 4.28. The minimum Gasteiger partial charge on any atom is -0.432 e. The van der Waals surface area contributed by atoms with Gasteiger partial charge in [0, 0.05) is 6.42 Å². The minimum atomic E-state index is -4.41. The number of esters is 1. The smallest absolute Gasteiger partial charge is 0.416 e. The van der Waals surface area contributed by atoms with Crippen LogP contribution in [0.3, 0.4) is 0 Å². The van der Waals surface area contributed by atoms with Crippen molar-refractivity contribution in [1.29, 1.82) is 0 Å². The lowest BCUT2D eigenvalue weighted by atomic mass is 10.1. The maximum Gasteiger partial charge on any atom is 0.416 e. The van der Waals surface area contributed by atoms with E-state index < -0.39 is 24.0 Å². The lowest BCUT2D eigenvalue weighted by Crippen LogP contribution is -2.25. The first-order valence-corrected chi connectivity index (χ1v) is 5.96. The first kappa shape index (κ1) is 13.9. The van der Waals surface area contributed by atoms with Crippen molar-refractivity contribution in [3.8, 4) is 0 Å². The number of halogens is 3. The van der Waals surface area contributed by atoms with Gasteiger partial charge < -0.3 is 9.47 Å². The van der Waals surface area contributed by atoms with Crippen molar-refractivity contribution in [2.24, 2.45) is 0 Å². The second kappa shape index (κ2) is 5.61. The van der Waals surface area contributed by atoms with Crippen LogP contribution in [0.4, 0.5) is 13.2 Å². The topological polar surface area (TPSA) is 35.5 Å². The molecule has 0 radical (unpaired) electrons. The number of rotatable bonds is 2. The molecule has 0 aliphatic carbocycles. The van der Waals surface area contributed by atoms with E-state index in [2.05, 4.69) is 0 Å². The molecule has 1 aromatic rings. The van der Waals surface area contributed by atoms with E-state index in [1.807, 2.05) is 0 Å². The number of alkyl halides is 3. The summed E-state index contributed by atoms with van der Waals surface area (Å²) in [5, 5.41) is 0. The Morgan fingerprint density at radius 2 is 1.89 bits per heavy atom. The third kappa shape index (κ3) is 3.70. The van der Waals surface area contributed by atoms with Crippen LogP contribution in [0, 0.1) is 0 Å². The van der Waals surface area contributed by atoms with Crippen LogP contribution in [0.2, 0.25) is 0 Å². The van der Waals surface area contributed by atoms with Gasteiger partial charge in [0.05, 0.1) is 17.7 Å². The van der Waals surface area contributed by atoms with Gasteiger partial charge >= 0.3 is 12.1 Å². The highest BCUT2D eigenvalue weighted by atomic mass is 19.4. The van der Waals surface area contributed by atoms with E-state index in [0.29, 0.717) is 13.0 Å². The highest BCUT2D eigenvalue weighted by Crippen LogP contribution is 2.29. The average Bonchev–Trinajstić information content (AvgIpc) is 2.39. The number of hydrogen-bond donors (Lipinski definition) is 0. The quantitative estimate of drug-likeness (QED) is 0.775. The molecule has 3 nitrogen and oxygen atoms in total. The largest absolute Gasteiger partial charge is 0.432 e. The van der Waals surface area contributed by atoms with Crippen LogP contribution in [0.5, 0.6) is 0 Å². The normalized spacial score (nSPS) is 20.1. The Morgan fingerprint density at radius 3 is 2.42 bits per heavy atom. The van der Waals surface area contributed by atoms with Crippen molar-refractivity contribution in [2.75, 3.05) is 6.61 Å².